The molecule has 0 radical (unpaired) electrons. The maximum atomic E-state index is 12.4. The molecule has 23 heavy (non-hydrogen) atoms. The summed E-state index contributed by atoms with van der Waals surface area (Å²) in [5.41, 5.74) is 1.06. The number of ether oxygens (including phenoxy) is 1. The van der Waals surface area contributed by atoms with Crippen LogP contribution < -0.4 is 5.32 Å². The Labute approximate surface area is 137 Å². The van der Waals surface area contributed by atoms with Crippen LogP contribution in [-0.4, -0.2) is 25.0 Å². The Kier molecular flexibility index (Phi) is 4.99. The average molecular weight is 315 g/mol. The lowest BCUT2D eigenvalue weighted by Gasteiger charge is -2.39. The predicted octanol–water partition coefficient (Wildman–Crippen LogP) is 3.56. The number of carbonyl (C=O) groups is 2. The molecule has 3 atom stereocenters. The molecule has 0 spiro atoms. The van der Waals surface area contributed by atoms with Gasteiger partial charge in [0.15, 0.2) is 0 Å². The molecular weight excluding hydrogens is 290 g/mol. The van der Waals surface area contributed by atoms with Crippen LogP contribution in [0.3, 0.4) is 0 Å². The van der Waals surface area contributed by atoms with Crippen LogP contribution in [0.2, 0.25) is 0 Å². The minimum atomic E-state index is -0.382. The Morgan fingerprint density at radius 1 is 0.957 bits per heavy atom. The van der Waals surface area contributed by atoms with Gasteiger partial charge in [0.2, 0.25) is 0 Å². The molecule has 0 saturated heterocycles. The summed E-state index contributed by atoms with van der Waals surface area (Å²) in [4.78, 5) is 23.8. The Morgan fingerprint density at radius 3 is 2.30 bits per heavy atom. The van der Waals surface area contributed by atoms with Crippen LogP contribution in [0.25, 0.3) is 0 Å². The zero-order valence-corrected chi connectivity index (χ0v) is 13.7. The third-order valence-corrected chi connectivity index (χ3v) is 5.44. The Balaban J connectivity index is 1.57. The summed E-state index contributed by atoms with van der Waals surface area (Å²) in [6.07, 6.45) is 8.88. The number of rotatable bonds is 3. The first-order valence-corrected chi connectivity index (χ1v) is 8.66. The molecule has 2 aliphatic carbocycles. The summed E-state index contributed by atoms with van der Waals surface area (Å²) in [6.45, 7) is 0. The molecule has 2 saturated carbocycles. The molecule has 0 aliphatic heterocycles. The highest BCUT2D eigenvalue weighted by Gasteiger charge is 2.32. The first-order chi connectivity index (χ1) is 11.2. The number of amides is 1. The molecule has 1 aromatic rings. The fourth-order valence-electron chi connectivity index (χ4n) is 4.15. The number of carbonyl (C=O) groups excluding carboxylic acids is 2. The van der Waals surface area contributed by atoms with E-state index < -0.39 is 0 Å². The van der Waals surface area contributed by atoms with Gasteiger partial charge in [-0.25, -0.2) is 4.79 Å². The summed E-state index contributed by atoms with van der Waals surface area (Å²) in [7, 11) is 1.35. The monoisotopic (exact) mass is 315 g/mol. The highest BCUT2D eigenvalue weighted by Crippen LogP contribution is 2.40. The van der Waals surface area contributed by atoms with E-state index in [9.17, 15) is 9.59 Å². The number of hydrogen-bond donors (Lipinski definition) is 1. The van der Waals surface area contributed by atoms with E-state index in [0.717, 1.165) is 24.7 Å². The quantitative estimate of drug-likeness (QED) is 0.868. The molecule has 0 aromatic heterocycles. The normalized spacial score (nSPS) is 26.9. The van der Waals surface area contributed by atoms with Crippen molar-refractivity contribution in [3.8, 4) is 0 Å². The van der Waals surface area contributed by atoms with E-state index in [-0.39, 0.29) is 11.9 Å². The molecule has 0 heterocycles. The number of nitrogens with one attached hydrogen (secondary N) is 1. The first-order valence-electron chi connectivity index (χ1n) is 8.66. The Hall–Kier alpha value is -1.84. The van der Waals surface area contributed by atoms with Gasteiger partial charge in [0.1, 0.15) is 0 Å². The number of benzene rings is 1. The van der Waals surface area contributed by atoms with Crippen molar-refractivity contribution in [2.24, 2.45) is 11.8 Å². The zero-order valence-electron chi connectivity index (χ0n) is 13.7. The van der Waals surface area contributed by atoms with Crippen molar-refractivity contribution in [3.63, 3.8) is 0 Å². The largest absolute Gasteiger partial charge is 0.465 e. The van der Waals surface area contributed by atoms with Gasteiger partial charge in [0.25, 0.3) is 5.91 Å². The van der Waals surface area contributed by atoms with E-state index in [0.29, 0.717) is 17.2 Å². The van der Waals surface area contributed by atoms with Crippen LogP contribution >= 0.6 is 0 Å². The van der Waals surface area contributed by atoms with E-state index in [1.807, 2.05) is 0 Å². The standard InChI is InChI=1S/C19H25NO3/c1-23-19(22)15-8-6-14(7-9-15)18(21)20-17-11-10-13-4-2-3-5-16(13)12-17/h6-9,13,16-17H,2-5,10-12H2,1H3,(H,20,21)/t13-,16-,17+/m0/s1. The minimum absolute atomic E-state index is 0.0410. The summed E-state index contributed by atoms with van der Waals surface area (Å²) in [6, 6.07) is 6.95. The molecule has 1 aromatic carbocycles. The van der Waals surface area contributed by atoms with E-state index in [1.54, 1.807) is 24.3 Å². The van der Waals surface area contributed by atoms with Gasteiger partial charge in [0, 0.05) is 11.6 Å². The maximum Gasteiger partial charge on any atom is 0.337 e. The summed E-state index contributed by atoms with van der Waals surface area (Å²) in [5, 5.41) is 3.18. The second kappa shape index (κ2) is 7.16. The lowest BCUT2D eigenvalue weighted by molar-refractivity contribution is 0.0600. The molecule has 1 N–H and O–H groups in total. The van der Waals surface area contributed by atoms with Crippen LogP contribution in [0.1, 0.15) is 65.7 Å². The molecule has 2 fully saturated rings. The average Bonchev–Trinajstić information content (AvgIpc) is 2.61. The number of methoxy groups -OCH3 is 1. The molecule has 4 heteroatoms. The van der Waals surface area contributed by atoms with Crippen molar-refractivity contribution in [3.05, 3.63) is 35.4 Å². The third-order valence-electron chi connectivity index (χ3n) is 5.44. The fraction of sp³-hybridized carbons (Fsp3) is 0.579. The number of fused-ring (bicyclic) bond motifs is 1. The van der Waals surface area contributed by atoms with Crippen LogP contribution in [0, 0.1) is 11.8 Å². The van der Waals surface area contributed by atoms with E-state index >= 15 is 0 Å². The fourth-order valence-corrected chi connectivity index (χ4v) is 4.15. The Morgan fingerprint density at radius 2 is 1.61 bits per heavy atom. The van der Waals surface area contributed by atoms with Crippen molar-refractivity contribution in [1.82, 2.24) is 5.32 Å². The third kappa shape index (κ3) is 3.74. The van der Waals surface area contributed by atoms with Gasteiger partial charge < -0.3 is 10.1 Å². The second-order valence-electron chi connectivity index (χ2n) is 6.86. The Bertz CT molecular complexity index is 566. The molecule has 124 valence electrons. The zero-order chi connectivity index (χ0) is 16.2. The van der Waals surface area contributed by atoms with Crippen molar-refractivity contribution in [1.29, 1.82) is 0 Å². The lowest BCUT2D eigenvalue weighted by Crippen LogP contribution is -2.41. The lowest BCUT2D eigenvalue weighted by atomic mass is 9.69. The van der Waals surface area contributed by atoms with Crippen LogP contribution in [0.4, 0.5) is 0 Å². The number of hydrogen-bond acceptors (Lipinski definition) is 3. The molecule has 0 unspecified atom stereocenters. The molecule has 3 rings (SSSR count). The van der Waals surface area contributed by atoms with E-state index in [2.05, 4.69) is 10.1 Å². The van der Waals surface area contributed by atoms with Gasteiger partial charge >= 0.3 is 5.97 Å². The highest BCUT2D eigenvalue weighted by atomic mass is 16.5. The topological polar surface area (TPSA) is 55.4 Å². The first kappa shape index (κ1) is 16.0. The molecule has 2 aliphatic rings. The van der Waals surface area contributed by atoms with Gasteiger partial charge in [0.05, 0.1) is 12.7 Å². The van der Waals surface area contributed by atoms with E-state index in [4.69, 9.17) is 0 Å². The maximum absolute atomic E-state index is 12.4. The SMILES string of the molecule is COC(=O)c1ccc(C(=O)N[C@@H]2CC[C@@H]3CCCC[C@H]3C2)cc1. The predicted molar refractivity (Wildman–Crippen MR) is 88.3 cm³/mol. The second-order valence-corrected chi connectivity index (χ2v) is 6.86. The molecule has 1 amide bonds. The van der Waals surface area contributed by atoms with Crippen molar-refractivity contribution < 1.29 is 14.3 Å². The number of esters is 1. The summed E-state index contributed by atoms with van der Waals surface area (Å²) < 4.78 is 4.67. The minimum Gasteiger partial charge on any atom is -0.465 e. The van der Waals surface area contributed by atoms with Crippen LogP contribution in [0.15, 0.2) is 24.3 Å². The van der Waals surface area contributed by atoms with Crippen molar-refractivity contribution in [2.45, 2.75) is 51.0 Å². The van der Waals surface area contributed by atoms with Gasteiger partial charge in [-0.3, -0.25) is 4.79 Å². The van der Waals surface area contributed by atoms with Crippen molar-refractivity contribution >= 4 is 11.9 Å². The van der Waals surface area contributed by atoms with Gasteiger partial charge in [-0.15, -0.1) is 0 Å². The summed E-state index contributed by atoms with van der Waals surface area (Å²) >= 11 is 0. The van der Waals surface area contributed by atoms with Gasteiger partial charge in [-0.1, -0.05) is 25.7 Å². The van der Waals surface area contributed by atoms with Crippen molar-refractivity contribution in [2.75, 3.05) is 7.11 Å². The molecular formula is C19H25NO3. The van der Waals surface area contributed by atoms with Gasteiger partial charge in [-0.2, -0.15) is 0 Å². The smallest absolute Gasteiger partial charge is 0.337 e. The molecule has 0 bridgehead atoms. The summed E-state index contributed by atoms with van der Waals surface area (Å²) in [5.74, 6) is 1.26. The van der Waals surface area contributed by atoms with E-state index in [1.165, 1.54) is 39.2 Å². The highest BCUT2D eigenvalue weighted by molar-refractivity contribution is 5.96. The van der Waals surface area contributed by atoms with Crippen LogP contribution in [-0.2, 0) is 4.74 Å². The van der Waals surface area contributed by atoms with Gasteiger partial charge in [-0.05, 0) is 55.4 Å². The molecule has 4 nitrogen and oxygen atoms in total. The van der Waals surface area contributed by atoms with Crippen LogP contribution in [0.5, 0.6) is 0 Å².